The van der Waals surface area contributed by atoms with Crippen molar-refractivity contribution in [3.8, 4) is 0 Å². The van der Waals surface area contributed by atoms with Crippen LogP contribution in [0.5, 0.6) is 0 Å². The van der Waals surface area contributed by atoms with Crippen LogP contribution in [0.15, 0.2) is 6.07 Å². The molecule has 0 amide bonds. The van der Waals surface area contributed by atoms with Gasteiger partial charge in [-0.1, -0.05) is 46.5 Å². The van der Waals surface area contributed by atoms with E-state index in [1.54, 1.807) is 0 Å². The third-order valence-electron chi connectivity index (χ3n) is 5.04. The van der Waals surface area contributed by atoms with Gasteiger partial charge in [-0.25, -0.2) is 0 Å². The summed E-state index contributed by atoms with van der Waals surface area (Å²) in [5, 5.41) is 10.4. The Morgan fingerprint density at radius 3 is 2.71 bits per heavy atom. The molecule has 1 aliphatic carbocycles. The second-order valence-corrected chi connectivity index (χ2v) is 7.82. The Bertz CT molecular complexity index is 472. The molecule has 1 aliphatic rings. The Balaban J connectivity index is 2.17. The molecule has 2 atom stereocenters. The van der Waals surface area contributed by atoms with Crippen LogP contribution < -0.4 is 0 Å². The number of nitrogens with zero attached hydrogens (tertiary/aromatic N) is 1. The van der Waals surface area contributed by atoms with Crippen molar-refractivity contribution in [3.05, 3.63) is 23.0 Å². The lowest BCUT2D eigenvalue weighted by molar-refractivity contribution is 0.0974. The molecule has 0 aliphatic heterocycles. The number of aliphatic hydroxyl groups excluding tert-OH is 1. The van der Waals surface area contributed by atoms with Crippen LogP contribution in [0.3, 0.4) is 0 Å². The van der Waals surface area contributed by atoms with Crippen LogP contribution in [0.1, 0.15) is 95.3 Å². The van der Waals surface area contributed by atoms with Crippen LogP contribution in [0.25, 0.3) is 0 Å². The number of rotatable bonds is 6. The zero-order valence-corrected chi connectivity index (χ0v) is 14.6. The summed E-state index contributed by atoms with van der Waals surface area (Å²) in [6.07, 6.45) is 8.24. The SMILES string of the molecule is CCCCCCC(C)n1c(C)cc2c1CC(C)(C)CC2O. The van der Waals surface area contributed by atoms with Crippen LogP contribution >= 0.6 is 0 Å². The van der Waals surface area contributed by atoms with Gasteiger partial charge in [0.25, 0.3) is 0 Å². The third kappa shape index (κ3) is 3.71. The molecule has 0 aromatic carbocycles. The highest BCUT2D eigenvalue weighted by Crippen LogP contribution is 2.43. The predicted octanol–water partition coefficient (Wildman–Crippen LogP) is 5.33. The van der Waals surface area contributed by atoms with Gasteiger partial charge >= 0.3 is 0 Å². The first-order valence-electron chi connectivity index (χ1n) is 8.74. The van der Waals surface area contributed by atoms with Crippen molar-refractivity contribution in [2.75, 3.05) is 0 Å². The molecule has 120 valence electrons. The fourth-order valence-electron chi connectivity index (χ4n) is 3.97. The van der Waals surface area contributed by atoms with Crippen LogP contribution in [0, 0.1) is 12.3 Å². The lowest BCUT2D eigenvalue weighted by atomic mass is 9.75. The normalized spacial score (nSPS) is 22.1. The van der Waals surface area contributed by atoms with Crippen molar-refractivity contribution in [3.63, 3.8) is 0 Å². The summed E-state index contributed by atoms with van der Waals surface area (Å²) in [5.74, 6) is 0. The summed E-state index contributed by atoms with van der Waals surface area (Å²) < 4.78 is 2.51. The Morgan fingerprint density at radius 2 is 2.05 bits per heavy atom. The van der Waals surface area contributed by atoms with E-state index in [1.807, 2.05) is 0 Å². The molecule has 0 spiro atoms. The minimum Gasteiger partial charge on any atom is -0.388 e. The molecule has 1 aromatic rings. The second kappa shape index (κ2) is 6.56. The molecule has 0 bridgehead atoms. The second-order valence-electron chi connectivity index (χ2n) is 7.82. The van der Waals surface area contributed by atoms with E-state index in [2.05, 4.69) is 45.3 Å². The molecule has 0 saturated carbocycles. The van der Waals surface area contributed by atoms with E-state index in [9.17, 15) is 5.11 Å². The highest BCUT2D eigenvalue weighted by Gasteiger charge is 2.34. The summed E-state index contributed by atoms with van der Waals surface area (Å²) in [5.41, 5.74) is 4.10. The number of aryl methyl sites for hydroxylation is 1. The molecule has 2 rings (SSSR count). The molecule has 0 radical (unpaired) electrons. The molecular formula is C19H33NO. The zero-order chi connectivity index (χ0) is 15.6. The molecular weight excluding hydrogens is 258 g/mol. The molecule has 1 N–H and O–H groups in total. The maximum atomic E-state index is 10.4. The van der Waals surface area contributed by atoms with Gasteiger partial charge in [0.2, 0.25) is 0 Å². The van der Waals surface area contributed by atoms with Crippen molar-refractivity contribution in [1.82, 2.24) is 4.57 Å². The van der Waals surface area contributed by atoms with Gasteiger partial charge in [0.05, 0.1) is 6.10 Å². The van der Waals surface area contributed by atoms with Crippen molar-refractivity contribution in [2.45, 2.75) is 91.7 Å². The monoisotopic (exact) mass is 291 g/mol. The Kier molecular flexibility index (Phi) is 5.19. The lowest BCUT2D eigenvalue weighted by Crippen LogP contribution is -2.27. The fourth-order valence-corrected chi connectivity index (χ4v) is 3.97. The smallest absolute Gasteiger partial charge is 0.0812 e. The quantitative estimate of drug-likeness (QED) is 0.704. The molecule has 2 unspecified atom stereocenters. The van der Waals surface area contributed by atoms with Gasteiger partial charge in [0.1, 0.15) is 0 Å². The average molecular weight is 291 g/mol. The summed E-state index contributed by atoms with van der Waals surface area (Å²) in [7, 11) is 0. The number of hydrogen-bond acceptors (Lipinski definition) is 1. The molecule has 1 heterocycles. The molecule has 0 saturated heterocycles. The van der Waals surface area contributed by atoms with Crippen LogP contribution in [0.2, 0.25) is 0 Å². The lowest BCUT2D eigenvalue weighted by Gasteiger charge is -2.35. The van der Waals surface area contributed by atoms with Crippen LogP contribution in [-0.2, 0) is 6.42 Å². The van der Waals surface area contributed by atoms with Crippen molar-refractivity contribution in [1.29, 1.82) is 0 Å². The standard InChI is InChI=1S/C19H33NO/c1-6-7-8-9-10-14(2)20-15(3)11-16-17(20)12-19(4,5)13-18(16)21/h11,14,18,21H,6-10,12-13H2,1-5H3. The molecule has 0 fully saturated rings. The van der Waals surface area contributed by atoms with Gasteiger partial charge in [-0.15, -0.1) is 0 Å². The van der Waals surface area contributed by atoms with Gasteiger partial charge in [0, 0.05) is 23.0 Å². The largest absolute Gasteiger partial charge is 0.388 e. The van der Waals surface area contributed by atoms with Crippen LogP contribution in [0.4, 0.5) is 0 Å². The van der Waals surface area contributed by atoms with Gasteiger partial charge in [-0.2, -0.15) is 0 Å². The van der Waals surface area contributed by atoms with E-state index < -0.39 is 0 Å². The van der Waals surface area contributed by atoms with E-state index in [4.69, 9.17) is 0 Å². The minimum atomic E-state index is -0.281. The summed E-state index contributed by atoms with van der Waals surface area (Å²) in [4.78, 5) is 0. The zero-order valence-electron chi connectivity index (χ0n) is 14.6. The number of fused-ring (bicyclic) bond motifs is 1. The fraction of sp³-hybridized carbons (Fsp3) is 0.789. The summed E-state index contributed by atoms with van der Waals surface area (Å²) in [6, 6.07) is 2.77. The van der Waals surface area contributed by atoms with Gasteiger partial charge in [-0.05, 0) is 44.6 Å². The predicted molar refractivity (Wildman–Crippen MR) is 89.7 cm³/mol. The number of unbranched alkanes of at least 4 members (excludes halogenated alkanes) is 3. The molecule has 1 aromatic heterocycles. The number of aromatic nitrogens is 1. The molecule has 21 heavy (non-hydrogen) atoms. The third-order valence-corrected chi connectivity index (χ3v) is 5.04. The first-order valence-corrected chi connectivity index (χ1v) is 8.74. The van der Waals surface area contributed by atoms with E-state index in [0.29, 0.717) is 6.04 Å². The average Bonchev–Trinajstić information content (AvgIpc) is 2.70. The van der Waals surface area contributed by atoms with Gasteiger partial charge in [0.15, 0.2) is 0 Å². The van der Waals surface area contributed by atoms with Crippen molar-refractivity contribution in [2.24, 2.45) is 5.41 Å². The highest BCUT2D eigenvalue weighted by molar-refractivity contribution is 5.33. The van der Waals surface area contributed by atoms with E-state index >= 15 is 0 Å². The first kappa shape index (κ1) is 16.6. The van der Waals surface area contributed by atoms with Gasteiger partial charge < -0.3 is 9.67 Å². The number of aliphatic hydroxyl groups is 1. The minimum absolute atomic E-state index is 0.205. The topological polar surface area (TPSA) is 25.2 Å². The van der Waals surface area contributed by atoms with E-state index in [1.165, 1.54) is 49.1 Å². The molecule has 2 nitrogen and oxygen atoms in total. The van der Waals surface area contributed by atoms with Crippen molar-refractivity contribution >= 4 is 0 Å². The summed E-state index contributed by atoms with van der Waals surface area (Å²) >= 11 is 0. The summed E-state index contributed by atoms with van der Waals surface area (Å²) in [6.45, 7) is 11.3. The van der Waals surface area contributed by atoms with E-state index in [0.717, 1.165) is 12.8 Å². The van der Waals surface area contributed by atoms with E-state index in [-0.39, 0.29) is 11.5 Å². The van der Waals surface area contributed by atoms with Crippen LogP contribution in [-0.4, -0.2) is 9.67 Å². The Labute approximate surface area is 130 Å². The Morgan fingerprint density at radius 1 is 1.33 bits per heavy atom. The maximum absolute atomic E-state index is 10.4. The van der Waals surface area contributed by atoms with Crippen molar-refractivity contribution < 1.29 is 5.11 Å². The Hall–Kier alpha value is -0.760. The highest BCUT2D eigenvalue weighted by atomic mass is 16.3. The number of hydrogen-bond donors (Lipinski definition) is 1. The first-order chi connectivity index (χ1) is 9.85. The maximum Gasteiger partial charge on any atom is 0.0812 e. The molecule has 2 heteroatoms. The van der Waals surface area contributed by atoms with Gasteiger partial charge in [-0.3, -0.25) is 0 Å².